The maximum absolute atomic E-state index is 12.5. The number of thiazole rings is 1. The fraction of sp³-hybridized carbons (Fsp3) is 0.0556. The lowest BCUT2D eigenvalue weighted by molar-refractivity contribution is 0.102. The van der Waals surface area contributed by atoms with E-state index in [1.807, 2.05) is 41.8 Å². The number of amides is 1. The first kappa shape index (κ1) is 15.3. The first-order valence-electron chi connectivity index (χ1n) is 7.60. The number of methoxy groups -OCH3 is 1. The zero-order valence-electron chi connectivity index (χ0n) is 13.3. The Morgan fingerprint density at radius 3 is 2.68 bits per heavy atom. The van der Waals surface area contributed by atoms with E-state index in [4.69, 9.17) is 4.74 Å². The molecule has 0 spiro atoms. The molecule has 0 atom stereocenters. The predicted octanol–water partition coefficient (Wildman–Crippen LogP) is 3.72. The van der Waals surface area contributed by atoms with Crippen molar-refractivity contribution in [1.82, 2.24) is 14.6 Å². The molecule has 2 aromatic heterocycles. The van der Waals surface area contributed by atoms with Gasteiger partial charge in [-0.25, -0.2) is 4.52 Å². The number of ether oxygens (including phenoxy) is 1. The molecule has 0 bridgehead atoms. The van der Waals surface area contributed by atoms with Gasteiger partial charge in [0.05, 0.1) is 18.4 Å². The molecule has 1 amide bonds. The maximum atomic E-state index is 12.5. The number of carbonyl (C=O) groups excluding carboxylic acids is 1. The molecule has 0 fully saturated rings. The minimum atomic E-state index is -0.308. The third-order valence-corrected chi connectivity index (χ3v) is 4.54. The summed E-state index contributed by atoms with van der Waals surface area (Å²) < 4.78 is 6.95. The number of hydrogen-bond acceptors (Lipinski definition) is 5. The van der Waals surface area contributed by atoms with Gasteiger partial charge in [-0.05, 0) is 12.1 Å². The molecule has 0 saturated heterocycles. The van der Waals surface area contributed by atoms with Crippen LogP contribution in [0.5, 0.6) is 5.75 Å². The van der Waals surface area contributed by atoms with Crippen LogP contribution in [-0.2, 0) is 0 Å². The number of nitrogens with one attached hydrogen (secondary N) is 1. The van der Waals surface area contributed by atoms with Crippen molar-refractivity contribution in [1.29, 1.82) is 0 Å². The Kier molecular flexibility index (Phi) is 3.91. The van der Waals surface area contributed by atoms with Crippen molar-refractivity contribution in [2.24, 2.45) is 0 Å². The van der Waals surface area contributed by atoms with Crippen LogP contribution in [0.25, 0.3) is 16.2 Å². The van der Waals surface area contributed by atoms with Crippen molar-refractivity contribution < 1.29 is 9.53 Å². The van der Waals surface area contributed by atoms with Crippen LogP contribution < -0.4 is 10.1 Å². The highest BCUT2D eigenvalue weighted by Gasteiger charge is 2.16. The summed E-state index contributed by atoms with van der Waals surface area (Å²) in [6, 6.07) is 17.0. The fourth-order valence-electron chi connectivity index (χ4n) is 2.54. The van der Waals surface area contributed by atoms with Crippen LogP contribution in [0.1, 0.15) is 10.4 Å². The number of para-hydroxylation sites is 1. The van der Waals surface area contributed by atoms with Gasteiger partial charge < -0.3 is 4.74 Å². The van der Waals surface area contributed by atoms with Crippen molar-refractivity contribution >= 4 is 28.2 Å². The van der Waals surface area contributed by atoms with Gasteiger partial charge in [-0.15, -0.1) is 16.4 Å². The van der Waals surface area contributed by atoms with Crippen molar-refractivity contribution in [3.8, 4) is 17.0 Å². The summed E-state index contributed by atoms with van der Waals surface area (Å²) in [5.41, 5.74) is 2.42. The lowest BCUT2D eigenvalue weighted by atomic mass is 10.2. The Morgan fingerprint density at radius 2 is 1.88 bits per heavy atom. The highest BCUT2D eigenvalue weighted by atomic mass is 32.1. The Morgan fingerprint density at radius 1 is 1.12 bits per heavy atom. The number of fused-ring (bicyclic) bond motifs is 1. The van der Waals surface area contributed by atoms with Crippen LogP contribution >= 0.6 is 11.3 Å². The largest absolute Gasteiger partial charge is 0.496 e. The molecule has 4 rings (SSSR count). The second-order valence-corrected chi connectivity index (χ2v) is 6.11. The molecule has 2 aromatic carbocycles. The van der Waals surface area contributed by atoms with E-state index in [1.165, 1.54) is 18.4 Å². The molecule has 0 aliphatic heterocycles. The van der Waals surface area contributed by atoms with Crippen LogP contribution in [-0.4, -0.2) is 27.6 Å². The molecular formula is C18H14N4O2S. The van der Waals surface area contributed by atoms with Crippen molar-refractivity contribution in [2.45, 2.75) is 0 Å². The SMILES string of the molecule is COc1ccccc1C(=O)Nc1nc2scc(-c3ccccc3)n2n1. The fourth-order valence-corrected chi connectivity index (χ4v) is 3.37. The quantitative estimate of drug-likeness (QED) is 0.609. The average molecular weight is 350 g/mol. The molecular weight excluding hydrogens is 336 g/mol. The van der Waals surface area contributed by atoms with Gasteiger partial charge in [-0.1, -0.05) is 42.5 Å². The van der Waals surface area contributed by atoms with Gasteiger partial charge in [0.25, 0.3) is 11.9 Å². The van der Waals surface area contributed by atoms with Crippen LogP contribution in [0.3, 0.4) is 0 Å². The number of nitrogens with zero attached hydrogens (tertiary/aromatic N) is 3. The molecule has 6 nitrogen and oxygen atoms in total. The van der Waals surface area contributed by atoms with E-state index in [2.05, 4.69) is 15.4 Å². The standard InChI is InChI=1S/C18H14N4O2S/c1-24-15-10-6-5-9-13(15)16(23)19-17-20-18-22(21-17)14(11-25-18)12-7-3-2-4-8-12/h2-11H,1H3,(H,19,21,23). The first-order valence-corrected chi connectivity index (χ1v) is 8.48. The van der Waals surface area contributed by atoms with Crippen molar-refractivity contribution in [3.63, 3.8) is 0 Å². The number of carbonyl (C=O) groups is 1. The summed E-state index contributed by atoms with van der Waals surface area (Å²) in [5, 5.41) is 9.14. The smallest absolute Gasteiger partial charge is 0.261 e. The normalized spacial score (nSPS) is 10.8. The molecule has 124 valence electrons. The summed E-state index contributed by atoms with van der Waals surface area (Å²) in [6.45, 7) is 0. The molecule has 0 aliphatic carbocycles. The summed E-state index contributed by atoms with van der Waals surface area (Å²) in [5.74, 6) is 0.461. The summed E-state index contributed by atoms with van der Waals surface area (Å²) in [7, 11) is 1.53. The van der Waals surface area contributed by atoms with Gasteiger partial charge in [0.1, 0.15) is 5.75 Å². The number of aromatic nitrogens is 3. The van der Waals surface area contributed by atoms with Crippen LogP contribution in [0, 0.1) is 0 Å². The Hall–Kier alpha value is -3.19. The zero-order chi connectivity index (χ0) is 17.2. The maximum Gasteiger partial charge on any atom is 0.261 e. The summed E-state index contributed by atoms with van der Waals surface area (Å²) in [4.78, 5) is 17.6. The highest BCUT2D eigenvalue weighted by Crippen LogP contribution is 2.26. The monoisotopic (exact) mass is 350 g/mol. The third-order valence-electron chi connectivity index (χ3n) is 3.73. The summed E-state index contributed by atoms with van der Waals surface area (Å²) in [6.07, 6.45) is 0. The van der Waals surface area contributed by atoms with E-state index in [0.717, 1.165) is 11.3 Å². The Labute approximate surface area is 147 Å². The topological polar surface area (TPSA) is 68.5 Å². The van der Waals surface area contributed by atoms with Gasteiger partial charge >= 0.3 is 0 Å². The molecule has 0 unspecified atom stereocenters. The molecule has 2 heterocycles. The number of hydrogen-bond donors (Lipinski definition) is 1. The second kappa shape index (κ2) is 6.37. The third kappa shape index (κ3) is 2.85. The molecule has 0 radical (unpaired) electrons. The molecule has 7 heteroatoms. The number of anilines is 1. The zero-order valence-corrected chi connectivity index (χ0v) is 14.2. The van der Waals surface area contributed by atoms with Gasteiger partial charge in [0.15, 0.2) is 0 Å². The highest BCUT2D eigenvalue weighted by molar-refractivity contribution is 7.15. The Balaban J connectivity index is 1.65. The van der Waals surface area contributed by atoms with Gasteiger partial charge in [-0.3, -0.25) is 10.1 Å². The number of rotatable bonds is 4. The van der Waals surface area contributed by atoms with E-state index in [1.54, 1.807) is 22.7 Å². The molecule has 25 heavy (non-hydrogen) atoms. The molecule has 0 aliphatic rings. The van der Waals surface area contributed by atoms with Gasteiger partial charge in [0, 0.05) is 10.9 Å². The lowest BCUT2D eigenvalue weighted by Crippen LogP contribution is -2.14. The van der Waals surface area contributed by atoms with E-state index >= 15 is 0 Å². The molecule has 4 aromatic rings. The van der Waals surface area contributed by atoms with E-state index < -0.39 is 0 Å². The van der Waals surface area contributed by atoms with Crippen LogP contribution in [0.15, 0.2) is 60.0 Å². The van der Waals surface area contributed by atoms with Gasteiger partial charge in [0.2, 0.25) is 4.96 Å². The molecule has 1 N–H and O–H groups in total. The van der Waals surface area contributed by atoms with Crippen molar-refractivity contribution in [3.05, 3.63) is 65.5 Å². The van der Waals surface area contributed by atoms with Crippen molar-refractivity contribution in [2.75, 3.05) is 12.4 Å². The van der Waals surface area contributed by atoms with E-state index in [9.17, 15) is 4.79 Å². The first-order chi connectivity index (χ1) is 12.3. The number of benzene rings is 2. The average Bonchev–Trinajstić information content (AvgIpc) is 3.22. The minimum Gasteiger partial charge on any atom is -0.496 e. The predicted molar refractivity (Wildman–Crippen MR) is 97.2 cm³/mol. The Bertz CT molecular complexity index is 1040. The second-order valence-electron chi connectivity index (χ2n) is 5.27. The van der Waals surface area contributed by atoms with Gasteiger partial charge in [-0.2, -0.15) is 4.98 Å². The minimum absolute atomic E-state index is 0.264. The van der Waals surface area contributed by atoms with E-state index in [-0.39, 0.29) is 11.9 Å². The lowest BCUT2D eigenvalue weighted by Gasteiger charge is -2.06. The molecule has 0 saturated carbocycles. The van der Waals surface area contributed by atoms with Crippen LogP contribution in [0.2, 0.25) is 0 Å². The van der Waals surface area contributed by atoms with Crippen LogP contribution in [0.4, 0.5) is 5.95 Å². The summed E-state index contributed by atoms with van der Waals surface area (Å²) >= 11 is 1.47. The van der Waals surface area contributed by atoms with E-state index in [0.29, 0.717) is 16.3 Å².